The van der Waals surface area contributed by atoms with E-state index in [2.05, 4.69) is 6.92 Å². The van der Waals surface area contributed by atoms with Gasteiger partial charge in [-0.25, -0.2) is 0 Å². The lowest BCUT2D eigenvalue weighted by Gasteiger charge is -2.30. The van der Waals surface area contributed by atoms with Gasteiger partial charge in [0, 0.05) is 6.61 Å². The highest BCUT2D eigenvalue weighted by Gasteiger charge is 2.44. The molecule has 0 aromatic rings. The van der Waals surface area contributed by atoms with Crippen LogP contribution >= 0.6 is 0 Å². The normalized spacial score (nSPS) is 15.6. The first-order valence-corrected chi connectivity index (χ1v) is 8.10. The zero-order valence-corrected chi connectivity index (χ0v) is 14.5. The van der Waals surface area contributed by atoms with Crippen LogP contribution in [0, 0.1) is 11.3 Å². The van der Waals surface area contributed by atoms with Crippen molar-refractivity contribution in [2.24, 2.45) is 11.3 Å². The molecule has 0 amide bonds. The predicted molar refractivity (Wildman–Crippen MR) is 84.1 cm³/mol. The Hall–Kier alpha value is -0.900. The zero-order valence-electron chi connectivity index (χ0n) is 14.5. The highest BCUT2D eigenvalue weighted by Crippen LogP contribution is 2.33. The summed E-state index contributed by atoms with van der Waals surface area (Å²) in [5.41, 5.74) is -1.01. The molecule has 0 fully saturated rings. The van der Waals surface area contributed by atoms with Crippen molar-refractivity contribution in [2.75, 3.05) is 13.2 Å². The highest BCUT2D eigenvalue weighted by molar-refractivity contribution is 6.02. The summed E-state index contributed by atoms with van der Waals surface area (Å²) in [7, 11) is 0. The van der Waals surface area contributed by atoms with E-state index in [1.807, 2.05) is 20.8 Å². The summed E-state index contributed by atoms with van der Waals surface area (Å²) in [6.45, 7) is 12.3. The Labute approximate surface area is 129 Å². The second-order valence-electron chi connectivity index (χ2n) is 6.23. The number of hydrogen-bond acceptors (Lipinski definition) is 4. The van der Waals surface area contributed by atoms with Gasteiger partial charge in [-0.15, -0.1) is 0 Å². The predicted octanol–water partition coefficient (Wildman–Crippen LogP) is 3.77. The summed E-state index contributed by atoms with van der Waals surface area (Å²) in [4.78, 5) is 24.5. The fourth-order valence-corrected chi connectivity index (χ4v) is 2.43. The molecule has 0 aliphatic heterocycles. The molecule has 0 rings (SSSR count). The van der Waals surface area contributed by atoms with Gasteiger partial charge in [0.15, 0.2) is 0 Å². The topological polar surface area (TPSA) is 52.6 Å². The van der Waals surface area contributed by atoms with Crippen molar-refractivity contribution in [1.82, 2.24) is 0 Å². The van der Waals surface area contributed by atoms with Gasteiger partial charge in [0.05, 0.1) is 6.61 Å². The molecule has 0 aliphatic carbocycles. The maximum atomic E-state index is 12.5. The van der Waals surface area contributed by atoms with Crippen molar-refractivity contribution in [1.29, 1.82) is 0 Å². The SMILES string of the molecule is CCCCOCC(C)OC(=O)C(CC)(CC(C)C)C(C)=O. The molecule has 21 heavy (non-hydrogen) atoms. The molecular formula is C17H32O4. The molecule has 2 unspecified atom stereocenters. The molecule has 0 aliphatic rings. The zero-order chi connectivity index (χ0) is 16.5. The molecule has 0 bridgehead atoms. The second kappa shape index (κ2) is 9.93. The molecule has 124 valence electrons. The van der Waals surface area contributed by atoms with Crippen LogP contribution in [-0.4, -0.2) is 31.1 Å². The van der Waals surface area contributed by atoms with Crippen molar-refractivity contribution in [3.05, 3.63) is 0 Å². The van der Waals surface area contributed by atoms with Gasteiger partial charge in [0.2, 0.25) is 0 Å². The van der Waals surface area contributed by atoms with Gasteiger partial charge >= 0.3 is 5.97 Å². The molecule has 4 heteroatoms. The van der Waals surface area contributed by atoms with Crippen molar-refractivity contribution >= 4 is 11.8 Å². The third-order valence-electron chi connectivity index (χ3n) is 3.73. The lowest BCUT2D eigenvalue weighted by Crippen LogP contribution is -2.42. The van der Waals surface area contributed by atoms with Crippen molar-refractivity contribution in [2.45, 2.75) is 73.3 Å². The molecule has 4 nitrogen and oxygen atoms in total. The van der Waals surface area contributed by atoms with Crippen LogP contribution in [0.2, 0.25) is 0 Å². The van der Waals surface area contributed by atoms with Gasteiger partial charge in [-0.05, 0) is 39.0 Å². The third-order valence-corrected chi connectivity index (χ3v) is 3.73. The van der Waals surface area contributed by atoms with Crippen LogP contribution in [0.1, 0.15) is 67.2 Å². The van der Waals surface area contributed by atoms with Gasteiger partial charge < -0.3 is 9.47 Å². The molecule has 0 spiro atoms. The quantitative estimate of drug-likeness (QED) is 0.331. The minimum atomic E-state index is -1.01. The number of carbonyl (C=O) groups is 2. The lowest BCUT2D eigenvalue weighted by atomic mass is 9.75. The second-order valence-corrected chi connectivity index (χ2v) is 6.23. The number of ketones is 1. The lowest BCUT2D eigenvalue weighted by molar-refractivity contribution is -0.168. The maximum Gasteiger partial charge on any atom is 0.319 e. The number of rotatable bonds is 11. The molecule has 0 aromatic carbocycles. The van der Waals surface area contributed by atoms with Gasteiger partial charge in [-0.3, -0.25) is 9.59 Å². The standard InChI is InChI=1S/C17H32O4/c1-7-9-10-20-12-14(5)21-16(19)17(8-2,15(6)18)11-13(3)4/h13-14H,7-12H2,1-6H3. The van der Waals surface area contributed by atoms with Crippen LogP contribution < -0.4 is 0 Å². The van der Waals surface area contributed by atoms with Gasteiger partial charge in [-0.2, -0.15) is 0 Å². The van der Waals surface area contributed by atoms with Gasteiger partial charge in [0.1, 0.15) is 17.3 Å². The molecule has 0 aromatic heterocycles. The van der Waals surface area contributed by atoms with Crippen LogP contribution in [0.3, 0.4) is 0 Å². The first-order valence-electron chi connectivity index (χ1n) is 8.10. The number of carbonyl (C=O) groups excluding carboxylic acids is 2. The molecule has 0 heterocycles. The first-order chi connectivity index (χ1) is 9.80. The van der Waals surface area contributed by atoms with Gasteiger partial charge in [0.25, 0.3) is 0 Å². The van der Waals surface area contributed by atoms with Crippen molar-refractivity contribution < 1.29 is 19.1 Å². The molecule has 0 saturated carbocycles. The van der Waals surface area contributed by atoms with Crippen molar-refractivity contribution in [3.8, 4) is 0 Å². The van der Waals surface area contributed by atoms with Crippen LogP contribution in [0.5, 0.6) is 0 Å². The number of Topliss-reactive ketones (excluding diaryl/α,β-unsaturated/α-hetero) is 1. The smallest absolute Gasteiger partial charge is 0.319 e. The van der Waals surface area contributed by atoms with Crippen molar-refractivity contribution in [3.63, 3.8) is 0 Å². The summed E-state index contributed by atoms with van der Waals surface area (Å²) >= 11 is 0. The Morgan fingerprint density at radius 3 is 2.19 bits per heavy atom. The summed E-state index contributed by atoms with van der Waals surface area (Å²) in [6, 6.07) is 0. The van der Waals surface area contributed by atoms with Crippen LogP contribution in [-0.2, 0) is 19.1 Å². The Balaban J connectivity index is 4.64. The molecular weight excluding hydrogens is 268 g/mol. The molecule has 0 radical (unpaired) electrons. The van der Waals surface area contributed by atoms with E-state index in [1.165, 1.54) is 6.92 Å². The van der Waals surface area contributed by atoms with Crippen LogP contribution in [0.25, 0.3) is 0 Å². The van der Waals surface area contributed by atoms with Gasteiger partial charge in [-0.1, -0.05) is 34.1 Å². The molecule has 0 saturated heterocycles. The largest absolute Gasteiger partial charge is 0.459 e. The Kier molecular flexibility index (Phi) is 9.51. The van der Waals surface area contributed by atoms with E-state index < -0.39 is 11.4 Å². The summed E-state index contributed by atoms with van der Waals surface area (Å²) in [5, 5.41) is 0. The summed E-state index contributed by atoms with van der Waals surface area (Å²) in [6.07, 6.45) is 2.75. The fraction of sp³-hybridized carbons (Fsp3) is 0.882. The molecule has 2 atom stereocenters. The average molecular weight is 300 g/mol. The minimum Gasteiger partial charge on any atom is -0.459 e. The van der Waals surface area contributed by atoms with E-state index >= 15 is 0 Å². The average Bonchev–Trinajstić information content (AvgIpc) is 2.40. The summed E-state index contributed by atoms with van der Waals surface area (Å²) in [5.74, 6) is -0.252. The van der Waals surface area contributed by atoms with Crippen LogP contribution in [0.4, 0.5) is 0 Å². The Morgan fingerprint density at radius 2 is 1.76 bits per heavy atom. The number of ether oxygens (including phenoxy) is 2. The Morgan fingerprint density at radius 1 is 1.14 bits per heavy atom. The minimum absolute atomic E-state index is 0.109. The molecule has 0 N–H and O–H groups in total. The fourth-order valence-electron chi connectivity index (χ4n) is 2.43. The van der Waals surface area contributed by atoms with E-state index in [1.54, 1.807) is 6.92 Å². The Bertz CT molecular complexity index is 325. The van der Waals surface area contributed by atoms with E-state index in [9.17, 15) is 9.59 Å². The number of hydrogen-bond donors (Lipinski definition) is 0. The third kappa shape index (κ3) is 6.60. The first kappa shape index (κ1) is 20.1. The number of unbranched alkanes of at least 4 members (excludes halogenated alkanes) is 1. The van der Waals surface area contributed by atoms with Crippen LogP contribution in [0.15, 0.2) is 0 Å². The number of esters is 1. The van der Waals surface area contributed by atoms with E-state index in [4.69, 9.17) is 9.47 Å². The summed E-state index contributed by atoms with van der Waals surface area (Å²) < 4.78 is 10.9. The maximum absolute atomic E-state index is 12.5. The highest BCUT2D eigenvalue weighted by atomic mass is 16.6. The van der Waals surface area contributed by atoms with E-state index in [0.717, 1.165) is 12.8 Å². The van der Waals surface area contributed by atoms with E-state index in [-0.39, 0.29) is 17.8 Å². The van der Waals surface area contributed by atoms with E-state index in [0.29, 0.717) is 26.1 Å². The monoisotopic (exact) mass is 300 g/mol.